The van der Waals surface area contributed by atoms with Crippen LogP contribution in [0.25, 0.3) is 6.08 Å². The normalized spacial score (nSPS) is 15.3. The van der Waals surface area contributed by atoms with Crippen molar-refractivity contribution in [2.75, 3.05) is 0 Å². The highest BCUT2D eigenvalue weighted by Gasteiger charge is 2.26. The quantitative estimate of drug-likeness (QED) is 0.276. The van der Waals surface area contributed by atoms with Crippen molar-refractivity contribution >= 4 is 18.0 Å². The van der Waals surface area contributed by atoms with E-state index in [4.69, 9.17) is 9.94 Å². The van der Waals surface area contributed by atoms with E-state index in [2.05, 4.69) is 5.32 Å². The van der Waals surface area contributed by atoms with E-state index in [1.165, 1.54) is 6.08 Å². The van der Waals surface area contributed by atoms with E-state index in [1.807, 2.05) is 54.6 Å². The molecule has 0 spiro atoms. The summed E-state index contributed by atoms with van der Waals surface area (Å²) in [5.41, 5.74) is 4.27. The minimum Gasteiger partial charge on any atom is -0.461 e. The van der Waals surface area contributed by atoms with Gasteiger partial charge in [0.2, 0.25) is 0 Å². The molecule has 1 amide bonds. The molecule has 6 nitrogen and oxygen atoms in total. The first kappa shape index (κ1) is 20.8. The average molecular weight is 394 g/mol. The molecule has 0 unspecified atom stereocenters. The Balaban J connectivity index is 1.64. The zero-order valence-corrected chi connectivity index (χ0v) is 16.2. The molecule has 6 heteroatoms. The predicted octanol–water partition coefficient (Wildman–Crippen LogP) is 3.52. The molecule has 152 valence electrons. The average Bonchev–Trinajstić information content (AvgIpc) is 3.26. The fourth-order valence-electron chi connectivity index (χ4n) is 3.40. The SMILES string of the molecule is O=C(C=Cc1ccc(CN[C@H](C(=O)OC2CCCC2)c2ccccc2)cc1)NO. The van der Waals surface area contributed by atoms with E-state index in [0.29, 0.717) is 6.54 Å². The first-order valence-corrected chi connectivity index (χ1v) is 9.85. The molecule has 0 aromatic heterocycles. The molecule has 1 fully saturated rings. The minimum absolute atomic E-state index is 0.0257. The molecule has 1 atom stereocenters. The second kappa shape index (κ2) is 10.5. The number of carbonyl (C=O) groups excluding carboxylic acids is 2. The molecular weight excluding hydrogens is 368 g/mol. The highest BCUT2D eigenvalue weighted by atomic mass is 16.5. The van der Waals surface area contributed by atoms with Crippen LogP contribution >= 0.6 is 0 Å². The van der Waals surface area contributed by atoms with Gasteiger partial charge in [0.1, 0.15) is 12.1 Å². The molecular formula is C23H26N2O4. The number of ether oxygens (including phenoxy) is 1. The van der Waals surface area contributed by atoms with Gasteiger partial charge in [-0.3, -0.25) is 15.3 Å². The zero-order chi connectivity index (χ0) is 20.5. The Hall–Kier alpha value is -2.96. The summed E-state index contributed by atoms with van der Waals surface area (Å²) in [7, 11) is 0. The molecule has 2 aromatic carbocycles. The summed E-state index contributed by atoms with van der Waals surface area (Å²) in [5, 5.41) is 11.8. The number of rotatable bonds is 8. The van der Waals surface area contributed by atoms with Gasteiger partial charge in [-0.25, -0.2) is 10.3 Å². The zero-order valence-electron chi connectivity index (χ0n) is 16.2. The van der Waals surface area contributed by atoms with Crippen LogP contribution in [0.15, 0.2) is 60.7 Å². The van der Waals surface area contributed by atoms with Crippen molar-refractivity contribution in [1.29, 1.82) is 0 Å². The standard InChI is InChI=1S/C23H26N2O4/c26-21(25-28)15-14-17-10-12-18(13-11-17)16-24-22(19-6-2-1-3-7-19)23(27)29-20-8-4-5-9-20/h1-3,6-7,10-15,20,22,24,28H,4-5,8-9,16H2,(H,25,26)/t22-/m0/s1. The summed E-state index contributed by atoms with van der Waals surface area (Å²) in [6.07, 6.45) is 6.99. The van der Waals surface area contributed by atoms with Crippen molar-refractivity contribution < 1.29 is 19.5 Å². The van der Waals surface area contributed by atoms with Crippen molar-refractivity contribution in [3.63, 3.8) is 0 Å². The maximum atomic E-state index is 12.8. The lowest BCUT2D eigenvalue weighted by molar-refractivity contribution is -0.151. The summed E-state index contributed by atoms with van der Waals surface area (Å²) in [6, 6.07) is 16.7. The van der Waals surface area contributed by atoms with Crippen molar-refractivity contribution in [1.82, 2.24) is 10.8 Å². The largest absolute Gasteiger partial charge is 0.461 e. The molecule has 0 bridgehead atoms. The number of carbonyl (C=O) groups is 2. The van der Waals surface area contributed by atoms with Crippen LogP contribution in [0.4, 0.5) is 0 Å². The Morgan fingerprint density at radius 3 is 2.41 bits per heavy atom. The van der Waals surface area contributed by atoms with Gasteiger partial charge in [-0.1, -0.05) is 54.6 Å². The van der Waals surface area contributed by atoms with E-state index in [0.717, 1.165) is 42.4 Å². The van der Waals surface area contributed by atoms with Crippen LogP contribution in [0.1, 0.15) is 48.4 Å². The number of nitrogens with one attached hydrogen (secondary N) is 2. The lowest BCUT2D eigenvalue weighted by Gasteiger charge is -2.21. The number of amides is 1. The van der Waals surface area contributed by atoms with Crippen molar-refractivity contribution in [3.8, 4) is 0 Å². The summed E-state index contributed by atoms with van der Waals surface area (Å²) in [6.45, 7) is 0.500. The van der Waals surface area contributed by atoms with Crippen LogP contribution in [-0.4, -0.2) is 23.2 Å². The third kappa shape index (κ3) is 6.27. The van der Waals surface area contributed by atoms with Crippen LogP contribution < -0.4 is 10.8 Å². The molecule has 3 N–H and O–H groups in total. The number of hydroxylamine groups is 1. The van der Waals surface area contributed by atoms with Gasteiger partial charge in [0.25, 0.3) is 5.91 Å². The number of esters is 1. The topological polar surface area (TPSA) is 87.7 Å². The molecule has 1 aliphatic rings. The first-order chi connectivity index (χ1) is 14.2. The number of benzene rings is 2. The van der Waals surface area contributed by atoms with E-state index < -0.39 is 11.9 Å². The number of hydrogen-bond acceptors (Lipinski definition) is 5. The summed E-state index contributed by atoms with van der Waals surface area (Å²) < 4.78 is 5.73. The molecule has 0 aliphatic heterocycles. The highest BCUT2D eigenvalue weighted by molar-refractivity contribution is 5.90. The maximum absolute atomic E-state index is 12.8. The maximum Gasteiger partial charge on any atom is 0.328 e. The van der Waals surface area contributed by atoms with Gasteiger partial charge in [-0.15, -0.1) is 0 Å². The Bertz CT molecular complexity index is 828. The Morgan fingerprint density at radius 1 is 1.07 bits per heavy atom. The molecule has 2 aromatic rings. The molecule has 1 aliphatic carbocycles. The van der Waals surface area contributed by atoms with Gasteiger partial charge in [-0.2, -0.15) is 0 Å². The van der Waals surface area contributed by atoms with Gasteiger partial charge < -0.3 is 4.74 Å². The molecule has 29 heavy (non-hydrogen) atoms. The second-order valence-corrected chi connectivity index (χ2v) is 7.12. The first-order valence-electron chi connectivity index (χ1n) is 9.85. The molecule has 0 saturated heterocycles. The van der Waals surface area contributed by atoms with Crippen LogP contribution in [-0.2, 0) is 20.9 Å². The summed E-state index contributed by atoms with van der Waals surface area (Å²) in [4.78, 5) is 23.9. The van der Waals surface area contributed by atoms with Gasteiger partial charge >= 0.3 is 5.97 Å². The predicted molar refractivity (Wildman–Crippen MR) is 110 cm³/mol. The molecule has 1 saturated carbocycles. The summed E-state index contributed by atoms with van der Waals surface area (Å²) >= 11 is 0. The molecule has 0 radical (unpaired) electrons. The van der Waals surface area contributed by atoms with Crippen LogP contribution in [0.3, 0.4) is 0 Å². The van der Waals surface area contributed by atoms with Gasteiger partial charge in [0, 0.05) is 12.6 Å². The third-order valence-corrected chi connectivity index (χ3v) is 4.98. The van der Waals surface area contributed by atoms with E-state index in [-0.39, 0.29) is 12.1 Å². The molecule has 3 rings (SSSR count). The number of hydrogen-bond donors (Lipinski definition) is 3. The van der Waals surface area contributed by atoms with E-state index in [1.54, 1.807) is 11.6 Å². The summed E-state index contributed by atoms with van der Waals surface area (Å²) in [5.74, 6) is -0.820. The Labute approximate surface area is 170 Å². The third-order valence-electron chi connectivity index (χ3n) is 4.98. The van der Waals surface area contributed by atoms with Crippen molar-refractivity contribution in [2.45, 2.75) is 44.4 Å². The van der Waals surface area contributed by atoms with E-state index >= 15 is 0 Å². The fraction of sp³-hybridized carbons (Fsp3) is 0.304. The molecule has 0 heterocycles. The second-order valence-electron chi connectivity index (χ2n) is 7.12. The highest BCUT2D eigenvalue weighted by Crippen LogP contribution is 2.24. The fourth-order valence-corrected chi connectivity index (χ4v) is 3.40. The van der Waals surface area contributed by atoms with E-state index in [9.17, 15) is 9.59 Å². The van der Waals surface area contributed by atoms with Gasteiger partial charge in [-0.05, 0) is 48.4 Å². The van der Waals surface area contributed by atoms with Gasteiger partial charge in [0.15, 0.2) is 0 Å². The van der Waals surface area contributed by atoms with Crippen molar-refractivity contribution in [2.24, 2.45) is 0 Å². The smallest absolute Gasteiger partial charge is 0.328 e. The van der Waals surface area contributed by atoms with Gasteiger partial charge in [0.05, 0.1) is 0 Å². The lowest BCUT2D eigenvalue weighted by Crippen LogP contribution is -2.32. The van der Waals surface area contributed by atoms with Crippen LogP contribution in [0.5, 0.6) is 0 Å². The lowest BCUT2D eigenvalue weighted by atomic mass is 10.1. The monoisotopic (exact) mass is 394 g/mol. The van der Waals surface area contributed by atoms with Crippen molar-refractivity contribution in [3.05, 3.63) is 77.4 Å². The Kier molecular flexibility index (Phi) is 7.55. The minimum atomic E-state index is -0.581. The van der Waals surface area contributed by atoms with Crippen LogP contribution in [0.2, 0.25) is 0 Å². The Morgan fingerprint density at radius 2 is 1.76 bits per heavy atom. The van der Waals surface area contributed by atoms with Crippen LogP contribution in [0, 0.1) is 0 Å².